The molecule has 14 heteroatoms. The number of ether oxygens (including phenoxy) is 2. The highest BCUT2D eigenvalue weighted by atomic mass is 127. The number of aromatic nitrogens is 1. The van der Waals surface area contributed by atoms with Gasteiger partial charge in [0.1, 0.15) is 29.8 Å². The molecule has 5 aromatic rings. The lowest BCUT2D eigenvalue weighted by molar-refractivity contribution is -0.127. The van der Waals surface area contributed by atoms with E-state index >= 15 is 0 Å². The third kappa shape index (κ3) is 11.7. The number of carbonyl (C=O) groups excluding carboxylic acids is 3. The topological polar surface area (TPSA) is 170 Å². The number of benzene rings is 4. The quantitative estimate of drug-likeness (QED) is 0.0866. The molecule has 0 aliphatic carbocycles. The van der Waals surface area contributed by atoms with Crippen molar-refractivity contribution in [1.82, 2.24) is 19.9 Å². The summed E-state index contributed by atoms with van der Waals surface area (Å²) in [7, 11) is -2.42. The van der Waals surface area contributed by atoms with Crippen molar-refractivity contribution in [3.8, 4) is 11.5 Å². The molecule has 0 fully saturated rings. The number of nitrogens with zero attached hydrogens (tertiary/aromatic N) is 2. The van der Waals surface area contributed by atoms with Gasteiger partial charge in [0.15, 0.2) is 0 Å². The summed E-state index contributed by atoms with van der Waals surface area (Å²) < 4.78 is 41.6. The Morgan fingerprint density at radius 2 is 1.54 bits per heavy atom. The first-order chi connectivity index (χ1) is 26.8. The fourth-order valence-electron chi connectivity index (χ4n) is 6.06. The van der Waals surface area contributed by atoms with Crippen LogP contribution in [0, 0.1) is 9.49 Å². The van der Waals surface area contributed by atoms with Crippen LogP contribution in [0.15, 0.2) is 114 Å². The van der Waals surface area contributed by atoms with Gasteiger partial charge in [-0.15, -0.1) is 0 Å². The Labute approximate surface area is 341 Å². The van der Waals surface area contributed by atoms with E-state index in [0.717, 1.165) is 20.1 Å². The molecule has 0 aliphatic rings. The normalized spacial score (nSPS) is 12.6. The summed E-state index contributed by atoms with van der Waals surface area (Å²) >= 11 is 2.27. The molecule has 0 unspecified atom stereocenters. The molecule has 1 aromatic heterocycles. The number of fused-ring (bicyclic) bond motifs is 1. The summed E-state index contributed by atoms with van der Waals surface area (Å²) in [5, 5.41) is 6.46. The van der Waals surface area contributed by atoms with Crippen molar-refractivity contribution < 1.29 is 32.3 Å². The number of halogens is 1. The van der Waals surface area contributed by atoms with Crippen LogP contribution in [0.4, 0.5) is 0 Å². The molecule has 0 aliphatic heterocycles. The maximum Gasteiger partial charge on any atom is 0.270 e. The van der Waals surface area contributed by atoms with Gasteiger partial charge in [0.2, 0.25) is 21.8 Å². The minimum absolute atomic E-state index is 0.00153. The van der Waals surface area contributed by atoms with Crippen LogP contribution in [-0.2, 0) is 32.6 Å². The van der Waals surface area contributed by atoms with Crippen LogP contribution in [0.5, 0.6) is 11.5 Å². The van der Waals surface area contributed by atoms with Gasteiger partial charge in [0.05, 0.1) is 23.9 Å². The van der Waals surface area contributed by atoms with Crippen LogP contribution in [0.3, 0.4) is 0 Å². The minimum atomic E-state index is -3.93. The van der Waals surface area contributed by atoms with Gasteiger partial charge in [-0.25, -0.2) is 13.4 Å². The average molecular weight is 892 g/mol. The highest BCUT2D eigenvalue weighted by Crippen LogP contribution is 2.23. The Morgan fingerprint density at radius 1 is 0.857 bits per heavy atom. The third-order valence-electron chi connectivity index (χ3n) is 8.96. The molecule has 3 amide bonds. The van der Waals surface area contributed by atoms with Crippen LogP contribution >= 0.6 is 22.6 Å². The number of hydrogen-bond donors (Lipinski definition) is 3. The number of amides is 3. The van der Waals surface area contributed by atoms with Crippen LogP contribution in [0.1, 0.15) is 48.3 Å². The lowest BCUT2D eigenvalue weighted by Gasteiger charge is -2.28. The van der Waals surface area contributed by atoms with Crippen LogP contribution < -0.4 is 25.8 Å². The molecule has 0 bridgehead atoms. The summed E-state index contributed by atoms with van der Waals surface area (Å²) in [6.07, 6.45) is 0.0573. The maximum atomic E-state index is 13.9. The molecule has 56 heavy (non-hydrogen) atoms. The zero-order chi connectivity index (χ0) is 40.2. The minimum Gasteiger partial charge on any atom is -0.497 e. The molecule has 4 aromatic carbocycles. The molecule has 4 N–H and O–H groups in total. The van der Waals surface area contributed by atoms with E-state index in [1.165, 1.54) is 23.5 Å². The monoisotopic (exact) mass is 891 g/mol. The zero-order valence-corrected chi connectivity index (χ0v) is 34.5. The van der Waals surface area contributed by atoms with Gasteiger partial charge in [-0.1, -0.05) is 68.4 Å². The van der Waals surface area contributed by atoms with Gasteiger partial charge >= 0.3 is 0 Å². The van der Waals surface area contributed by atoms with Crippen molar-refractivity contribution in [3.05, 3.63) is 130 Å². The molecule has 0 spiro atoms. The van der Waals surface area contributed by atoms with E-state index in [-0.39, 0.29) is 36.0 Å². The molecule has 5 rings (SSSR count). The van der Waals surface area contributed by atoms with Gasteiger partial charge in [0.25, 0.3) is 5.91 Å². The second-order valence-corrected chi connectivity index (χ2v) is 16.8. The van der Waals surface area contributed by atoms with Gasteiger partial charge in [-0.2, -0.15) is 4.31 Å². The van der Waals surface area contributed by atoms with Gasteiger partial charge in [-0.3, -0.25) is 14.4 Å². The van der Waals surface area contributed by atoms with Gasteiger partial charge < -0.3 is 25.8 Å². The van der Waals surface area contributed by atoms with E-state index in [2.05, 4.69) is 38.2 Å². The fraction of sp³-hybridized carbons (Fsp3) is 0.286. The summed E-state index contributed by atoms with van der Waals surface area (Å²) in [4.78, 5) is 44.0. The van der Waals surface area contributed by atoms with Gasteiger partial charge in [-0.05, 0) is 102 Å². The number of primary amides is 1. The predicted octanol–water partition coefficient (Wildman–Crippen LogP) is 5.87. The Hall–Kier alpha value is -5.06. The Balaban J connectivity index is 1.37. The maximum absolute atomic E-state index is 13.9. The van der Waals surface area contributed by atoms with E-state index in [1.54, 1.807) is 36.4 Å². The smallest absolute Gasteiger partial charge is 0.270 e. The van der Waals surface area contributed by atoms with Crippen LogP contribution in [0.25, 0.3) is 10.9 Å². The Morgan fingerprint density at radius 3 is 2.21 bits per heavy atom. The number of pyridine rings is 1. The van der Waals surface area contributed by atoms with Crippen molar-refractivity contribution in [2.75, 3.05) is 20.2 Å². The third-order valence-corrected chi connectivity index (χ3v) is 11.9. The molecular weight excluding hydrogens is 845 g/mol. The van der Waals surface area contributed by atoms with Crippen LogP contribution in [-0.4, -0.2) is 67.7 Å². The van der Waals surface area contributed by atoms with E-state index in [9.17, 15) is 22.8 Å². The number of hydrogen-bond acceptors (Lipinski definition) is 8. The molecule has 1 heterocycles. The number of rotatable bonds is 19. The van der Waals surface area contributed by atoms with Crippen molar-refractivity contribution in [2.24, 2.45) is 11.7 Å². The first-order valence-electron chi connectivity index (χ1n) is 18.2. The first kappa shape index (κ1) is 42.1. The fourth-order valence-corrected chi connectivity index (χ4v) is 8.22. The highest BCUT2D eigenvalue weighted by molar-refractivity contribution is 14.1. The van der Waals surface area contributed by atoms with Crippen molar-refractivity contribution >= 4 is 61.2 Å². The van der Waals surface area contributed by atoms with Crippen molar-refractivity contribution in [3.63, 3.8) is 0 Å². The number of para-hydroxylation sites is 1. The SMILES string of the molecule is COc1ccc(S(=O)(=O)N(CC[C@H](Cc2ccc(OCc3ccccc3I)cc2)NC(=O)[C@H](CC(N)=O)NC(=O)c2ccc3ccccc3n2)CC(C)C)cc1. The molecule has 12 nitrogen and oxygen atoms in total. The average Bonchev–Trinajstić information content (AvgIpc) is 3.18. The second kappa shape index (κ2) is 19.7. The zero-order valence-electron chi connectivity index (χ0n) is 31.5. The van der Waals surface area contributed by atoms with E-state index < -0.39 is 46.2 Å². The Bertz CT molecular complexity index is 2240. The molecule has 294 valence electrons. The first-order valence-corrected chi connectivity index (χ1v) is 20.7. The van der Waals surface area contributed by atoms with Crippen molar-refractivity contribution in [1.29, 1.82) is 0 Å². The molecule has 2 atom stereocenters. The lowest BCUT2D eigenvalue weighted by Crippen LogP contribution is -2.52. The lowest BCUT2D eigenvalue weighted by atomic mass is 10.0. The summed E-state index contributed by atoms with van der Waals surface area (Å²) in [5.74, 6) is -0.891. The number of sulfonamides is 1. The summed E-state index contributed by atoms with van der Waals surface area (Å²) in [6.45, 7) is 4.56. The largest absolute Gasteiger partial charge is 0.497 e. The highest BCUT2D eigenvalue weighted by Gasteiger charge is 2.29. The standard InChI is InChI=1S/C42H46IN5O7S/c1-28(2)26-48(56(52,53)35-19-17-33(54-3)18-20-35)23-22-32(24-29-12-15-34(16-13-29)55-27-31-9-4-6-10-36(31)43)45-42(51)39(25-40(44)49)47-41(50)38-21-14-30-8-5-7-11-37(30)46-38/h4-21,28,32,39H,22-27H2,1-3H3,(H2,44,49)(H,45,51)(H,47,50)/t32-,39+/m1/s1. The molecular formula is C42H46IN5O7S. The van der Waals surface area contributed by atoms with Gasteiger partial charge in [0, 0.05) is 33.7 Å². The molecule has 0 saturated carbocycles. The summed E-state index contributed by atoms with van der Waals surface area (Å²) in [6, 6.07) is 30.3. The van der Waals surface area contributed by atoms with E-state index in [1.807, 2.05) is 74.5 Å². The molecule has 0 radical (unpaired) electrons. The van der Waals surface area contributed by atoms with E-state index in [0.29, 0.717) is 30.0 Å². The number of carbonyl (C=O) groups is 3. The number of nitrogens with one attached hydrogen (secondary N) is 2. The number of nitrogens with two attached hydrogens (primary N) is 1. The second-order valence-electron chi connectivity index (χ2n) is 13.7. The summed E-state index contributed by atoms with van der Waals surface area (Å²) in [5.41, 5.74) is 8.12. The Kier molecular flexibility index (Phi) is 14.8. The van der Waals surface area contributed by atoms with E-state index in [4.69, 9.17) is 15.2 Å². The number of methoxy groups -OCH3 is 1. The molecule has 0 saturated heterocycles. The van der Waals surface area contributed by atoms with Crippen molar-refractivity contribution in [2.45, 2.75) is 56.7 Å². The van der Waals surface area contributed by atoms with Crippen LogP contribution in [0.2, 0.25) is 0 Å². The predicted molar refractivity (Wildman–Crippen MR) is 224 cm³/mol.